The van der Waals surface area contributed by atoms with Gasteiger partial charge in [0, 0.05) is 0 Å². The van der Waals surface area contributed by atoms with Gasteiger partial charge in [-0.1, -0.05) is 73.8 Å². The second-order valence-corrected chi connectivity index (χ2v) is 22.0. The van der Waals surface area contributed by atoms with Crippen molar-refractivity contribution >= 4 is 17.1 Å². The van der Waals surface area contributed by atoms with Gasteiger partial charge in [-0.2, -0.15) is 0 Å². The third-order valence-electron chi connectivity index (χ3n) is 12.4. The van der Waals surface area contributed by atoms with Crippen molar-refractivity contribution in [2.24, 2.45) is 29.6 Å². The Bertz CT molecular complexity index is 1330. The van der Waals surface area contributed by atoms with Crippen LogP contribution >= 0.6 is 0 Å². The maximum absolute atomic E-state index is 13.7. The van der Waals surface area contributed by atoms with E-state index in [-0.39, 0.29) is 0 Å². The Kier molecular flexibility index (Phi) is 12.3. The number of hydrogen-bond acceptors (Lipinski definition) is 1. The van der Waals surface area contributed by atoms with E-state index < -0.39 is 16.8 Å². The summed E-state index contributed by atoms with van der Waals surface area (Å²) in [5, 5.41) is 0. The molecule has 1 N–H and O–H groups in total. The first-order valence-electron chi connectivity index (χ1n) is 19.2. The van der Waals surface area contributed by atoms with Gasteiger partial charge in [0.15, 0.2) is 0 Å². The molecule has 1 saturated heterocycles. The molecule has 4 fully saturated rings. The van der Waals surface area contributed by atoms with Gasteiger partial charge in [-0.05, 0) is 22.3 Å². The quantitative estimate of drug-likeness (QED) is 0.241. The van der Waals surface area contributed by atoms with E-state index in [1.807, 2.05) is 36.4 Å². The molecule has 0 bridgehead atoms. The predicted molar refractivity (Wildman–Crippen MR) is 197 cm³/mol. The number of benzene rings is 2. The van der Waals surface area contributed by atoms with Crippen molar-refractivity contribution in [1.29, 1.82) is 0 Å². The zero-order valence-corrected chi connectivity index (χ0v) is 30.5. The Morgan fingerprint density at radius 3 is 1.53 bits per heavy atom. The fraction of sp³-hybridized carbons (Fsp3) is 0.523. The van der Waals surface area contributed by atoms with Crippen molar-refractivity contribution in [2.45, 2.75) is 110 Å². The Morgan fingerprint density at radius 2 is 1.02 bits per heavy atom. The Morgan fingerprint density at radius 1 is 0.574 bits per heavy atom. The number of rotatable bonds is 6. The summed E-state index contributed by atoms with van der Waals surface area (Å²) in [5.74, 6) is 4.16. The normalized spacial score (nSPS) is 28.6. The number of hydrogen-bond donors (Lipinski definition) is 1. The number of carbonyl (C=O) groups excluding carboxylic acids is 1. The van der Waals surface area contributed by atoms with E-state index in [1.165, 1.54) is 92.9 Å². The molecule has 5 unspecified atom stereocenters. The first-order valence-corrected chi connectivity index (χ1v) is 23.1. The number of fused-ring (bicyclic) bond motifs is 3. The first-order chi connectivity index (χ1) is 23.1. The summed E-state index contributed by atoms with van der Waals surface area (Å²) in [5.41, 5.74) is 4.20. The van der Waals surface area contributed by atoms with Crippen LogP contribution in [0.1, 0.15) is 107 Å². The van der Waals surface area contributed by atoms with Crippen molar-refractivity contribution in [1.82, 2.24) is 3.80 Å². The van der Waals surface area contributed by atoms with Crippen LogP contribution in [0.4, 0.5) is 0 Å². The molecule has 2 nitrogen and oxygen atoms in total. The summed E-state index contributed by atoms with van der Waals surface area (Å²) in [6.45, 7) is 8.20. The minimum absolute atomic E-state index is 0.309. The molecule has 3 heteroatoms. The molecule has 5 atom stereocenters. The van der Waals surface area contributed by atoms with E-state index in [4.69, 9.17) is 0 Å². The molecule has 7 rings (SSSR count). The zero-order valence-electron chi connectivity index (χ0n) is 28.9. The summed E-state index contributed by atoms with van der Waals surface area (Å²) in [6, 6.07) is 20.3. The Balaban J connectivity index is 0.000000203. The second-order valence-electron chi connectivity index (χ2n) is 15.4. The summed E-state index contributed by atoms with van der Waals surface area (Å²) < 4.78 is 7.63. The van der Waals surface area contributed by atoms with Gasteiger partial charge in [-0.25, -0.2) is 0 Å². The average Bonchev–Trinajstić information content (AvgIpc) is 3.80. The molecule has 0 aromatic heterocycles. The third-order valence-corrected chi connectivity index (χ3v) is 19.2. The summed E-state index contributed by atoms with van der Waals surface area (Å²) in [4.78, 5) is 13.7. The molecule has 0 spiro atoms. The van der Waals surface area contributed by atoms with Gasteiger partial charge in [0.1, 0.15) is 0 Å². The summed E-state index contributed by atoms with van der Waals surface area (Å²) in [6.07, 6.45) is 30.0. The monoisotopic (exact) mass is 665 g/mol. The van der Waals surface area contributed by atoms with Crippen LogP contribution in [0.3, 0.4) is 0 Å². The minimum atomic E-state index is -2.25. The van der Waals surface area contributed by atoms with Gasteiger partial charge in [0.05, 0.1) is 0 Å². The van der Waals surface area contributed by atoms with Crippen molar-refractivity contribution in [3.63, 3.8) is 0 Å². The molecule has 2 aromatic carbocycles. The van der Waals surface area contributed by atoms with Gasteiger partial charge in [-0.3, -0.25) is 0 Å². The van der Waals surface area contributed by atoms with Crippen LogP contribution in [0.25, 0.3) is 11.1 Å². The van der Waals surface area contributed by atoms with Crippen molar-refractivity contribution in [2.75, 3.05) is 0 Å². The van der Waals surface area contributed by atoms with E-state index >= 15 is 0 Å². The van der Waals surface area contributed by atoms with Gasteiger partial charge in [-0.15, -0.1) is 0 Å². The van der Waals surface area contributed by atoms with Crippen LogP contribution in [0, 0.1) is 29.6 Å². The Labute approximate surface area is 290 Å². The number of nitrogens with one attached hydrogen (secondary N) is 1. The van der Waals surface area contributed by atoms with Gasteiger partial charge < -0.3 is 0 Å². The molecule has 0 radical (unpaired) electrons. The maximum atomic E-state index is 13.7. The molecule has 47 heavy (non-hydrogen) atoms. The van der Waals surface area contributed by atoms with Gasteiger partial charge in [0.25, 0.3) is 0 Å². The van der Waals surface area contributed by atoms with Crippen LogP contribution in [0.2, 0.25) is 13.7 Å². The number of allylic oxidation sites excluding steroid dienone is 6. The molecular formula is C44H59NOTi. The van der Waals surface area contributed by atoms with E-state index in [9.17, 15) is 4.79 Å². The van der Waals surface area contributed by atoms with Crippen LogP contribution in [0.5, 0.6) is 0 Å². The van der Waals surface area contributed by atoms with Crippen LogP contribution in [0.15, 0.2) is 98.1 Å². The van der Waals surface area contributed by atoms with Gasteiger partial charge in [0.2, 0.25) is 0 Å². The standard InChI is InChI=1S/C16H14.C13H25NO.C13H17.C2H4.Ti/c1-13(15-9-5-3-6-10-15)14(2)16-11-7-4-8-12-16;14-13(15)12-10-8-6-4-2-1-3-5-7-9-11-12;1-3-7-12-10(5-1)9-11-6-2-4-8-13(11)12;1-2;/h3-12H,1-2H2;12H,1-11H2,(H2,14,15);1,3,5,7,9-13H,2,4,6,8H2;1-2H2;/q;;;;+1/p-1. The SMILES string of the molecule is C=C(C(=C)c1ccccc1)c1ccccc1.O=C([NH][Ti]1([CH]2C3C=CC=CC3C3CCCCC32)[CH2][CH2]1)C1CCCCCCCCCCC1. The third kappa shape index (κ3) is 8.61. The molecule has 2 aromatic rings. The summed E-state index contributed by atoms with van der Waals surface area (Å²) >= 11 is -2.25. The molecule has 250 valence electrons. The molecule has 5 aliphatic rings. The van der Waals surface area contributed by atoms with E-state index in [0.717, 1.165) is 63.0 Å². The fourth-order valence-electron chi connectivity index (χ4n) is 9.68. The molecule has 1 amide bonds. The fourth-order valence-corrected chi connectivity index (χ4v) is 18.2. The molecular weight excluding hydrogens is 606 g/mol. The van der Waals surface area contributed by atoms with Crippen molar-refractivity contribution in [3.05, 3.63) is 109 Å². The number of carbonyl (C=O) groups is 1. The van der Waals surface area contributed by atoms with Crippen LogP contribution in [-0.4, -0.2) is 5.91 Å². The zero-order chi connectivity index (χ0) is 32.5. The molecule has 4 aliphatic carbocycles. The average molecular weight is 666 g/mol. The van der Waals surface area contributed by atoms with Crippen molar-refractivity contribution < 1.29 is 21.6 Å². The van der Waals surface area contributed by atoms with Gasteiger partial charge >= 0.3 is 195 Å². The predicted octanol–water partition coefficient (Wildman–Crippen LogP) is 12.3. The molecule has 1 heterocycles. The van der Waals surface area contributed by atoms with Crippen LogP contribution < -0.4 is 3.80 Å². The van der Waals surface area contributed by atoms with Crippen LogP contribution in [-0.2, 0) is 21.6 Å². The van der Waals surface area contributed by atoms with E-state index in [0.29, 0.717) is 11.8 Å². The van der Waals surface area contributed by atoms with E-state index in [2.05, 4.69) is 65.5 Å². The Hall–Kier alpha value is -2.42. The van der Waals surface area contributed by atoms with E-state index in [1.54, 1.807) is 0 Å². The molecule has 3 saturated carbocycles. The number of amides is 1. The topological polar surface area (TPSA) is 29.1 Å². The van der Waals surface area contributed by atoms with Crippen molar-refractivity contribution in [3.8, 4) is 0 Å². The molecule has 1 aliphatic heterocycles. The first kappa shape index (κ1) is 34.4. The second kappa shape index (κ2) is 16.8. The summed E-state index contributed by atoms with van der Waals surface area (Å²) in [7, 11) is 0.